The summed E-state index contributed by atoms with van der Waals surface area (Å²) in [6.07, 6.45) is -4.53. The Kier molecular flexibility index (Phi) is 3.67. The van der Waals surface area contributed by atoms with E-state index in [0.717, 1.165) is 7.45 Å². The van der Waals surface area contributed by atoms with Crippen molar-refractivity contribution in [1.82, 2.24) is 19.7 Å². The number of alkyl halides is 3. The maximum absolute atomic E-state index is 12.7. The molecule has 0 N–H and O–H groups in total. The first-order valence-corrected chi connectivity index (χ1v) is 7.84. The topological polar surface area (TPSA) is 51.0 Å². The van der Waals surface area contributed by atoms with Crippen molar-refractivity contribution in [3.63, 3.8) is 0 Å². The van der Waals surface area contributed by atoms with Crippen molar-refractivity contribution in [3.8, 4) is 0 Å². The number of aromatic nitrogens is 3. The molecule has 0 saturated heterocycles. The van der Waals surface area contributed by atoms with Crippen LogP contribution in [0.3, 0.4) is 0 Å². The minimum absolute atomic E-state index is 0.0361. The van der Waals surface area contributed by atoms with Crippen LogP contribution in [-0.2, 0) is 19.3 Å². The third kappa shape index (κ3) is 2.78. The number of nitrogens with zero attached hydrogens (tertiary/aromatic N) is 4. The Morgan fingerprint density at radius 1 is 1.33 bits per heavy atom. The van der Waals surface area contributed by atoms with Crippen LogP contribution in [0.1, 0.15) is 22.0 Å². The zero-order valence-corrected chi connectivity index (χ0v) is 13.4. The highest BCUT2D eigenvalue weighted by Crippen LogP contribution is 2.29. The van der Waals surface area contributed by atoms with Gasteiger partial charge in [-0.05, 0) is 28.7 Å². The highest BCUT2D eigenvalue weighted by atomic mass is 127. The van der Waals surface area contributed by atoms with E-state index >= 15 is 0 Å². The zero-order chi connectivity index (χ0) is 15.2. The van der Waals surface area contributed by atoms with E-state index in [0.29, 0.717) is 5.56 Å². The van der Waals surface area contributed by atoms with Crippen molar-refractivity contribution in [1.29, 1.82) is 0 Å². The fraction of sp³-hybridized carbons (Fsp3) is 0.364. The van der Waals surface area contributed by atoms with Crippen LogP contribution in [0.4, 0.5) is 13.2 Å². The lowest BCUT2D eigenvalue weighted by molar-refractivity contribution is -0.147. The largest absolute Gasteiger partial charge is 0.451 e. The Bertz CT molecular complexity index is 696. The minimum atomic E-state index is -4.53. The number of rotatable bonds is 1. The van der Waals surface area contributed by atoms with E-state index in [1.165, 1.54) is 16.2 Å². The van der Waals surface area contributed by atoms with Gasteiger partial charge in [0.15, 0.2) is 5.82 Å². The van der Waals surface area contributed by atoms with E-state index in [4.69, 9.17) is 0 Å². The van der Waals surface area contributed by atoms with Gasteiger partial charge in [0, 0.05) is 18.5 Å². The summed E-state index contributed by atoms with van der Waals surface area (Å²) in [5.41, 5.74) is 0.549. The summed E-state index contributed by atoms with van der Waals surface area (Å²) in [6.45, 7) is 0.290. The summed E-state index contributed by atoms with van der Waals surface area (Å²) in [4.78, 5) is 13.8. The smallest absolute Gasteiger partial charge is 0.329 e. The molecule has 0 radical (unpaired) electrons. The van der Waals surface area contributed by atoms with Gasteiger partial charge >= 0.3 is 6.18 Å². The molecular formula is C11H8F3IN4OS. The van der Waals surface area contributed by atoms with Gasteiger partial charge in [-0.15, -0.1) is 21.5 Å². The third-order valence-electron chi connectivity index (χ3n) is 3.11. The van der Waals surface area contributed by atoms with Crippen LogP contribution >= 0.6 is 33.9 Å². The van der Waals surface area contributed by atoms with Gasteiger partial charge in [-0.25, -0.2) is 0 Å². The first-order chi connectivity index (χ1) is 9.86. The lowest BCUT2D eigenvalue weighted by Gasteiger charge is -2.27. The zero-order valence-electron chi connectivity index (χ0n) is 10.4. The predicted molar refractivity (Wildman–Crippen MR) is 76.8 cm³/mol. The fourth-order valence-corrected chi connectivity index (χ4v) is 3.47. The number of amides is 1. The van der Waals surface area contributed by atoms with Crippen molar-refractivity contribution in [2.24, 2.45) is 0 Å². The molecule has 0 aromatic carbocycles. The SMILES string of the molecule is O=C(c1csc(I)c1)N1CCn2c(nnc2C(F)(F)F)C1. The molecule has 0 unspecified atom stereocenters. The van der Waals surface area contributed by atoms with Gasteiger partial charge in [0.1, 0.15) is 0 Å². The average Bonchev–Trinajstić information content (AvgIpc) is 3.02. The fourth-order valence-electron chi connectivity index (χ4n) is 2.15. The second-order valence-corrected chi connectivity index (χ2v) is 7.26. The standard InChI is InChI=1S/C11H8F3IN4OS/c12-11(13,14)10-17-16-8-4-18(1-2-19(8)10)9(20)6-3-7(15)21-5-6/h3,5H,1-2,4H2. The van der Waals surface area contributed by atoms with Gasteiger partial charge in [0.05, 0.1) is 15.0 Å². The molecule has 112 valence electrons. The molecule has 1 aliphatic rings. The Balaban J connectivity index is 1.82. The molecule has 5 nitrogen and oxygen atoms in total. The van der Waals surface area contributed by atoms with E-state index in [1.807, 2.05) is 0 Å². The summed E-state index contributed by atoms with van der Waals surface area (Å²) in [5.74, 6) is -1.04. The first-order valence-electron chi connectivity index (χ1n) is 5.89. The summed E-state index contributed by atoms with van der Waals surface area (Å²) in [6, 6.07) is 1.76. The Morgan fingerprint density at radius 3 is 2.71 bits per heavy atom. The highest BCUT2D eigenvalue weighted by Gasteiger charge is 2.39. The second-order valence-electron chi connectivity index (χ2n) is 4.46. The second kappa shape index (κ2) is 5.23. The molecule has 3 heterocycles. The number of halogens is 4. The third-order valence-corrected chi connectivity index (χ3v) is 4.90. The number of carbonyl (C=O) groups is 1. The monoisotopic (exact) mass is 428 g/mol. The van der Waals surface area contributed by atoms with Gasteiger partial charge in [0.2, 0.25) is 5.82 Å². The molecule has 3 rings (SSSR count). The molecule has 10 heteroatoms. The predicted octanol–water partition coefficient (Wildman–Crippen LogP) is 2.62. The van der Waals surface area contributed by atoms with Crippen LogP contribution in [0, 0.1) is 2.88 Å². The summed E-state index contributed by atoms with van der Waals surface area (Å²) >= 11 is 3.56. The number of fused-ring (bicyclic) bond motifs is 1. The molecular weight excluding hydrogens is 420 g/mol. The van der Waals surface area contributed by atoms with Crippen molar-refractivity contribution in [2.45, 2.75) is 19.3 Å². The normalized spacial score (nSPS) is 15.1. The van der Waals surface area contributed by atoms with Crippen LogP contribution < -0.4 is 0 Å². The van der Waals surface area contributed by atoms with Crippen molar-refractivity contribution >= 4 is 39.8 Å². The average molecular weight is 428 g/mol. The van der Waals surface area contributed by atoms with E-state index in [2.05, 4.69) is 32.8 Å². The summed E-state index contributed by atoms with van der Waals surface area (Å²) in [5, 5.41) is 8.49. The lowest BCUT2D eigenvalue weighted by atomic mass is 10.2. The van der Waals surface area contributed by atoms with Crippen molar-refractivity contribution in [2.75, 3.05) is 6.54 Å². The van der Waals surface area contributed by atoms with Gasteiger partial charge in [-0.1, -0.05) is 0 Å². The van der Waals surface area contributed by atoms with Crippen LogP contribution in [0.15, 0.2) is 11.4 Å². The molecule has 1 amide bonds. The highest BCUT2D eigenvalue weighted by molar-refractivity contribution is 14.1. The molecule has 2 aromatic rings. The van der Waals surface area contributed by atoms with Gasteiger partial charge in [-0.2, -0.15) is 13.2 Å². The Hall–Kier alpha value is -1.17. The maximum atomic E-state index is 12.7. The van der Waals surface area contributed by atoms with Crippen LogP contribution in [-0.4, -0.2) is 32.1 Å². The van der Waals surface area contributed by atoms with E-state index in [1.54, 1.807) is 11.4 Å². The van der Waals surface area contributed by atoms with Crippen LogP contribution in [0.5, 0.6) is 0 Å². The number of hydrogen-bond acceptors (Lipinski definition) is 4. The number of thiophene rings is 1. The van der Waals surface area contributed by atoms with Gasteiger partial charge < -0.3 is 9.47 Å². The molecule has 0 fully saturated rings. The van der Waals surface area contributed by atoms with Crippen LogP contribution in [0.25, 0.3) is 0 Å². The molecule has 0 spiro atoms. The van der Waals surface area contributed by atoms with Gasteiger partial charge in [-0.3, -0.25) is 4.79 Å². The molecule has 0 aliphatic carbocycles. The molecule has 21 heavy (non-hydrogen) atoms. The molecule has 0 bridgehead atoms. The maximum Gasteiger partial charge on any atom is 0.451 e. The molecule has 2 aromatic heterocycles. The Morgan fingerprint density at radius 2 is 2.10 bits per heavy atom. The molecule has 1 aliphatic heterocycles. The first kappa shape index (κ1) is 14.8. The van der Waals surface area contributed by atoms with Crippen molar-refractivity contribution in [3.05, 3.63) is 31.5 Å². The quantitative estimate of drug-likeness (QED) is 0.657. The number of hydrogen-bond donors (Lipinski definition) is 0. The lowest BCUT2D eigenvalue weighted by Crippen LogP contribution is -2.39. The summed E-state index contributed by atoms with van der Waals surface area (Å²) < 4.78 is 40.2. The van der Waals surface area contributed by atoms with E-state index in [-0.39, 0.29) is 31.4 Å². The van der Waals surface area contributed by atoms with Crippen molar-refractivity contribution < 1.29 is 18.0 Å². The number of carbonyl (C=O) groups excluding carboxylic acids is 1. The molecule has 0 atom stereocenters. The van der Waals surface area contributed by atoms with Gasteiger partial charge in [0.25, 0.3) is 5.91 Å². The summed E-state index contributed by atoms with van der Waals surface area (Å²) in [7, 11) is 0. The van der Waals surface area contributed by atoms with Crippen LogP contribution in [0.2, 0.25) is 0 Å². The van der Waals surface area contributed by atoms with E-state index in [9.17, 15) is 18.0 Å². The minimum Gasteiger partial charge on any atom is -0.329 e. The van der Waals surface area contributed by atoms with E-state index < -0.39 is 12.0 Å². The Labute approximate surface area is 134 Å². The molecule has 0 saturated carbocycles.